The second-order valence-corrected chi connectivity index (χ2v) is 4.45. The second kappa shape index (κ2) is 3.21. The maximum absolute atomic E-state index is 9.72. The van der Waals surface area contributed by atoms with Crippen LogP contribution in [0.15, 0.2) is 12.2 Å². The zero-order valence-electron chi connectivity index (χ0n) is 8.43. The van der Waals surface area contributed by atoms with E-state index in [1.807, 2.05) is 0 Å². The predicted molar refractivity (Wildman–Crippen MR) is 51.9 cm³/mol. The van der Waals surface area contributed by atoms with Gasteiger partial charge in [0.25, 0.3) is 0 Å². The Bertz CT molecular complexity index is 185. The summed E-state index contributed by atoms with van der Waals surface area (Å²) in [5, 5.41) is 9.72. The Morgan fingerprint density at radius 1 is 1.58 bits per heavy atom. The number of hydrogen-bond donors (Lipinski definition) is 1. The molecule has 1 unspecified atom stereocenters. The van der Waals surface area contributed by atoms with E-state index in [0.717, 1.165) is 12.8 Å². The summed E-state index contributed by atoms with van der Waals surface area (Å²) < 4.78 is 0. The van der Waals surface area contributed by atoms with Gasteiger partial charge in [-0.2, -0.15) is 0 Å². The first kappa shape index (κ1) is 9.79. The molecule has 1 nitrogen and oxygen atoms in total. The Balaban J connectivity index is 2.81. The first-order valence-electron chi connectivity index (χ1n) is 4.82. The maximum Gasteiger partial charge on any atom is 0.0574 e. The summed E-state index contributed by atoms with van der Waals surface area (Å²) >= 11 is 0. The van der Waals surface area contributed by atoms with Crippen LogP contribution in [0.1, 0.15) is 40.0 Å². The summed E-state index contributed by atoms with van der Waals surface area (Å²) in [6.45, 7) is 10.5. The fraction of sp³-hybridized carbons (Fsp3) is 0.818. The summed E-state index contributed by atoms with van der Waals surface area (Å²) in [5.74, 6) is 0.365. The maximum atomic E-state index is 9.72. The lowest BCUT2D eigenvalue weighted by molar-refractivity contribution is 0.0112. The Labute approximate surface area is 75.5 Å². The van der Waals surface area contributed by atoms with Crippen LogP contribution in [0.25, 0.3) is 0 Å². The van der Waals surface area contributed by atoms with Crippen LogP contribution in [0, 0.1) is 11.3 Å². The number of hydrogen-bond acceptors (Lipinski definition) is 1. The Morgan fingerprint density at radius 2 is 2.17 bits per heavy atom. The molecule has 70 valence electrons. The van der Waals surface area contributed by atoms with Gasteiger partial charge < -0.3 is 5.11 Å². The van der Waals surface area contributed by atoms with Gasteiger partial charge in [-0.05, 0) is 37.5 Å². The standard InChI is InChI=1S/C11H20O/c1-8(2)11(4)7-5-6-10(12)9(11)3/h9-10,12H,1,5-7H2,2-4H3/t9-,10?,11+/m0/s1. The summed E-state index contributed by atoms with van der Waals surface area (Å²) in [5.41, 5.74) is 1.38. The molecular weight excluding hydrogens is 148 g/mol. The molecule has 1 saturated carbocycles. The number of aliphatic hydroxyl groups is 1. The SMILES string of the molecule is C=C(C)[C@@]1(C)CCCC(O)[C@@H]1C. The summed E-state index contributed by atoms with van der Waals surface area (Å²) in [6, 6.07) is 0. The predicted octanol–water partition coefficient (Wildman–Crippen LogP) is 2.75. The van der Waals surface area contributed by atoms with Crippen molar-refractivity contribution >= 4 is 0 Å². The van der Waals surface area contributed by atoms with Crippen molar-refractivity contribution in [3.8, 4) is 0 Å². The third-order valence-corrected chi connectivity index (χ3v) is 3.75. The van der Waals surface area contributed by atoms with Crippen molar-refractivity contribution in [1.82, 2.24) is 0 Å². The molecule has 0 aromatic carbocycles. The van der Waals surface area contributed by atoms with Crippen molar-refractivity contribution in [3.05, 3.63) is 12.2 Å². The van der Waals surface area contributed by atoms with Crippen molar-refractivity contribution < 1.29 is 5.11 Å². The smallest absolute Gasteiger partial charge is 0.0574 e. The van der Waals surface area contributed by atoms with Crippen LogP contribution in [0.2, 0.25) is 0 Å². The van der Waals surface area contributed by atoms with E-state index in [9.17, 15) is 5.11 Å². The molecule has 1 aliphatic rings. The lowest BCUT2D eigenvalue weighted by Gasteiger charge is -2.43. The molecule has 1 heteroatoms. The van der Waals surface area contributed by atoms with Gasteiger partial charge in [-0.15, -0.1) is 0 Å². The highest BCUT2D eigenvalue weighted by atomic mass is 16.3. The van der Waals surface area contributed by atoms with Crippen molar-refractivity contribution in [1.29, 1.82) is 0 Å². The van der Waals surface area contributed by atoms with Crippen LogP contribution < -0.4 is 0 Å². The fourth-order valence-electron chi connectivity index (χ4n) is 2.18. The van der Waals surface area contributed by atoms with E-state index in [-0.39, 0.29) is 11.5 Å². The van der Waals surface area contributed by atoms with Gasteiger partial charge in [-0.25, -0.2) is 0 Å². The molecule has 0 radical (unpaired) electrons. The molecule has 1 rings (SSSR count). The first-order valence-corrected chi connectivity index (χ1v) is 4.82. The van der Waals surface area contributed by atoms with Crippen molar-refractivity contribution in [2.24, 2.45) is 11.3 Å². The van der Waals surface area contributed by atoms with Gasteiger partial charge in [0.2, 0.25) is 0 Å². The molecule has 0 spiro atoms. The third kappa shape index (κ3) is 1.42. The van der Waals surface area contributed by atoms with Gasteiger partial charge in [0.1, 0.15) is 0 Å². The topological polar surface area (TPSA) is 20.2 Å². The van der Waals surface area contributed by atoms with E-state index < -0.39 is 0 Å². The Kier molecular flexibility index (Phi) is 2.62. The minimum atomic E-state index is -0.125. The zero-order chi connectivity index (χ0) is 9.35. The van der Waals surface area contributed by atoms with Gasteiger partial charge in [-0.1, -0.05) is 26.0 Å². The van der Waals surface area contributed by atoms with E-state index >= 15 is 0 Å². The molecule has 0 aliphatic heterocycles. The lowest BCUT2D eigenvalue weighted by Crippen LogP contribution is -2.38. The Morgan fingerprint density at radius 3 is 2.58 bits per heavy atom. The van der Waals surface area contributed by atoms with Gasteiger partial charge in [-0.3, -0.25) is 0 Å². The largest absolute Gasteiger partial charge is 0.393 e. The summed E-state index contributed by atoms with van der Waals surface area (Å²) in [7, 11) is 0. The molecule has 1 fully saturated rings. The van der Waals surface area contributed by atoms with Crippen molar-refractivity contribution in [2.45, 2.75) is 46.1 Å². The number of aliphatic hydroxyl groups excluding tert-OH is 1. The molecule has 0 heterocycles. The summed E-state index contributed by atoms with van der Waals surface area (Å²) in [6.07, 6.45) is 3.15. The van der Waals surface area contributed by atoms with Gasteiger partial charge >= 0.3 is 0 Å². The van der Waals surface area contributed by atoms with Crippen LogP contribution >= 0.6 is 0 Å². The van der Waals surface area contributed by atoms with Gasteiger partial charge in [0.05, 0.1) is 6.10 Å². The fourth-order valence-corrected chi connectivity index (χ4v) is 2.18. The molecule has 0 bridgehead atoms. The summed E-state index contributed by atoms with van der Waals surface area (Å²) in [4.78, 5) is 0. The minimum Gasteiger partial charge on any atom is -0.393 e. The molecular formula is C11H20O. The monoisotopic (exact) mass is 168 g/mol. The quantitative estimate of drug-likeness (QED) is 0.597. The first-order chi connectivity index (χ1) is 5.48. The van der Waals surface area contributed by atoms with E-state index in [0.29, 0.717) is 5.92 Å². The lowest BCUT2D eigenvalue weighted by atomic mass is 9.64. The highest BCUT2D eigenvalue weighted by molar-refractivity contribution is 5.10. The second-order valence-electron chi connectivity index (χ2n) is 4.45. The van der Waals surface area contributed by atoms with Crippen molar-refractivity contribution in [3.63, 3.8) is 0 Å². The Hall–Kier alpha value is -0.300. The van der Waals surface area contributed by atoms with Crippen molar-refractivity contribution in [2.75, 3.05) is 0 Å². The molecule has 0 amide bonds. The van der Waals surface area contributed by atoms with E-state index in [1.165, 1.54) is 12.0 Å². The molecule has 12 heavy (non-hydrogen) atoms. The van der Waals surface area contributed by atoms with Crippen LogP contribution in [-0.2, 0) is 0 Å². The highest BCUT2D eigenvalue weighted by Crippen LogP contribution is 2.45. The zero-order valence-corrected chi connectivity index (χ0v) is 8.43. The molecule has 1 aliphatic carbocycles. The number of allylic oxidation sites excluding steroid dienone is 1. The van der Waals surface area contributed by atoms with E-state index in [1.54, 1.807) is 0 Å². The van der Waals surface area contributed by atoms with Gasteiger partial charge in [0, 0.05) is 0 Å². The average molecular weight is 168 g/mol. The van der Waals surface area contributed by atoms with E-state index in [2.05, 4.69) is 27.4 Å². The van der Waals surface area contributed by atoms with Gasteiger partial charge in [0.15, 0.2) is 0 Å². The van der Waals surface area contributed by atoms with Crippen LogP contribution in [0.3, 0.4) is 0 Å². The third-order valence-electron chi connectivity index (χ3n) is 3.75. The minimum absolute atomic E-state index is 0.125. The molecule has 0 saturated heterocycles. The average Bonchev–Trinajstić information content (AvgIpc) is 2.00. The molecule has 0 aromatic heterocycles. The van der Waals surface area contributed by atoms with Crippen LogP contribution in [-0.4, -0.2) is 11.2 Å². The molecule has 3 atom stereocenters. The van der Waals surface area contributed by atoms with E-state index in [4.69, 9.17) is 0 Å². The normalized spacial score (nSPS) is 42.7. The number of rotatable bonds is 1. The van der Waals surface area contributed by atoms with Crippen LogP contribution in [0.4, 0.5) is 0 Å². The van der Waals surface area contributed by atoms with Crippen LogP contribution in [0.5, 0.6) is 0 Å². The highest BCUT2D eigenvalue weighted by Gasteiger charge is 2.38. The molecule has 1 N–H and O–H groups in total. The molecule has 0 aromatic rings.